The molecule has 0 aromatic heterocycles. The number of rotatable bonds is 4. The van der Waals surface area contributed by atoms with Crippen molar-refractivity contribution < 1.29 is 9.53 Å². The summed E-state index contributed by atoms with van der Waals surface area (Å²) in [4.78, 5) is 17.0. The van der Waals surface area contributed by atoms with E-state index in [-0.39, 0.29) is 5.91 Å². The zero-order valence-corrected chi connectivity index (χ0v) is 14.4. The van der Waals surface area contributed by atoms with Gasteiger partial charge in [-0.3, -0.25) is 9.69 Å². The monoisotopic (exact) mass is 354 g/mol. The van der Waals surface area contributed by atoms with Crippen molar-refractivity contribution in [1.29, 1.82) is 0 Å². The van der Waals surface area contributed by atoms with Crippen LogP contribution in [0.5, 0.6) is 0 Å². The zero-order chi connectivity index (χ0) is 15.2. The lowest BCUT2D eigenvalue weighted by molar-refractivity contribution is 0.0758. The van der Waals surface area contributed by atoms with E-state index in [1.807, 2.05) is 30.0 Å². The third kappa shape index (κ3) is 4.53. The molecule has 2 rings (SSSR count). The molecule has 0 spiro atoms. The van der Waals surface area contributed by atoms with E-state index >= 15 is 0 Å². The number of amides is 1. The van der Waals surface area contributed by atoms with Gasteiger partial charge in [0, 0.05) is 37.8 Å². The van der Waals surface area contributed by atoms with E-state index in [0.29, 0.717) is 0 Å². The Kier molecular flexibility index (Phi) is 6.21. The maximum atomic E-state index is 12.7. The van der Waals surface area contributed by atoms with Crippen molar-refractivity contribution in [2.75, 3.05) is 46.4 Å². The summed E-state index contributed by atoms with van der Waals surface area (Å²) in [6, 6.07) is 5.89. The molecule has 1 aliphatic rings. The van der Waals surface area contributed by atoms with Crippen molar-refractivity contribution in [3.63, 3.8) is 0 Å². The second-order valence-corrected chi connectivity index (χ2v) is 6.32. The third-order valence-electron chi connectivity index (χ3n) is 3.84. The summed E-state index contributed by atoms with van der Waals surface area (Å²) in [5.41, 5.74) is 1.91. The van der Waals surface area contributed by atoms with E-state index in [4.69, 9.17) is 4.74 Å². The predicted molar refractivity (Wildman–Crippen MR) is 87.7 cm³/mol. The number of carbonyl (C=O) groups excluding carboxylic acids is 1. The molecular formula is C16H23BrN2O2. The summed E-state index contributed by atoms with van der Waals surface area (Å²) >= 11 is 3.51. The highest BCUT2D eigenvalue weighted by molar-refractivity contribution is 9.10. The van der Waals surface area contributed by atoms with Crippen molar-refractivity contribution in [2.24, 2.45) is 0 Å². The molecule has 21 heavy (non-hydrogen) atoms. The van der Waals surface area contributed by atoms with Gasteiger partial charge in [-0.25, -0.2) is 0 Å². The average Bonchev–Trinajstić information content (AvgIpc) is 2.70. The van der Waals surface area contributed by atoms with Gasteiger partial charge < -0.3 is 9.64 Å². The van der Waals surface area contributed by atoms with Gasteiger partial charge >= 0.3 is 0 Å². The van der Waals surface area contributed by atoms with Gasteiger partial charge in [-0.05, 0) is 53.5 Å². The number of ether oxygens (including phenoxy) is 1. The van der Waals surface area contributed by atoms with Crippen molar-refractivity contribution in [3.05, 3.63) is 33.8 Å². The fourth-order valence-corrected chi connectivity index (χ4v) is 3.24. The van der Waals surface area contributed by atoms with Gasteiger partial charge in [0.05, 0.1) is 12.2 Å². The van der Waals surface area contributed by atoms with E-state index in [0.717, 1.165) is 61.4 Å². The first-order chi connectivity index (χ1) is 10.1. The van der Waals surface area contributed by atoms with E-state index in [1.54, 1.807) is 7.11 Å². The SMILES string of the molecule is COCCN1CCCN(C(=O)c2ccc(C)cc2Br)CC1. The molecule has 1 saturated heterocycles. The number of aryl methyl sites for hydroxylation is 1. The van der Waals surface area contributed by atoms with E-state index in [9.17, 15) is 4.79 Å². The van der Waals surface area contributed by atoms with Crippen molar-refractivity contribution in [1.82, 2.24) is 9.80 Å². The minimum atomic E-state index is 0.121. The van der Waals surface area contributed by atoms with Crippen molar-refractivity contribution in [3.8, 4) is 0 Å². The molecule has 0 saturated carbocycles. The van der Waals surface area contributed by atoms with Crippen LogP contribution in [-0.2, 0) is 4.74 Å². The maximum Gasteiger partial charge on any atom is 0.255 e. The Morgan fingerprint density at radius 2 is 2.10 bits per heavy atom. The van der Waals surface area contributed by atoms with Gasteiger partial charge in [0.1, 0.15) is 0 Å². The lowest BCUT2D eigenvalue weighted by Gasteiger charge is -2.22. The topological polar surface area (TPSA) is 32.8 Å². The Bertz CT molecular complexity index is 493. The largest absolute Gasteiger partial charge is 0.383 e. The van der Waals surface area contributed by atoms with Gasteiger partial charge in [0.15, 0.2) is 0 Å². The Hall–Kier alpha value is -0.910. The van der Waals surface area contributed by atoms with Crippen LogP contribution in [0.3, 0.4) is 0 Å². The highest BCUT2D eigenvalue weighted by Crippen LogP contribution is 2.20. The van der Waals surface area contributed by atoms with E-state index in [1.165, 1.54) is 0 Å². The Morgan fingerprint density at radius 3 is 2.81 bits per heavy atom. The smallest absolute Gasteiger partial charge is 0.255 e. The van der Waals surface area contributed by atoms with Crippen LogP contribution in [-0.4, -0.2) is 62.1 Å². The molecule has 1 aromatic carbocycles. The molecule has 116 valence electrons. The average molecular weight is 355 g/mol. The number of methoxy groups -OCH3 is 1. The first-order valence-corrected chi connectivity index (χ1v) is 8.18. The Labute approximate surface area is 135 Å². The molecule has 0 radical (unpaired) electrons. The summed E-state index contributed by atoms with van der Waals surface area (Å²) in [6.07, 6.45) is 1.01. The summed E-state index contributed by atoms with van der Waals surface area (Å²) in [5.74, 6) is 0.121. The molecule has 0 atom stereocenters. The Balaban J connectivity index is 1.99. The van der Waals surface area contributed by atoms with Crippen LogP contribution in [0.4, 0.5) is 0 Å². The second kappa shape index (κ2) is 7.92. The molecular weight excluding hydrogens is 332 g/mol. The van der Waals surface area contributed by atoms with Gasteiger partial charge in [0.25, 0.3) is 5.91 Å². The quantitative estimate of drug-likeness (QED) is 0.832. The van der Waals surface area contributed by atoms with Crippen molar-refractivity contribution in [2.45, 2.75) is 13.3 Å². The summed E-state index contributed by atoms with van der Waals surface area (Å²) in [6.45, 7) is 7.26. The second-order valence-electron chi connectivity index (χ2n) is 5.46. The Morgan fingerprint density at radius 1 is 1.29 bits per heavy atom. The standard InChI is InChI=1S/C16H23BrN2O2/c1-13-4-5-14(15(17)12-13)16(20)19-7-3-6-18(8-9-19)10-11-21-2/h4-5,12H,3,6-11H2,1-2H3. The first kappa shape index (κ1) is 16.5. The molecule has 5 heteroatoms. The summed E-state index contributed by atoms with van der Waals surface area (Å²) in [5, 5.41) is 0. The normalized spacial score (nSPS) is 16.8. The zero-order valence-electron chi connectivity index (χ0n) is 12.8. The minimum absolute atomic E-state index is 0.121. The molecule has 1 aliphatic heterocycles. The number of hydrogen-bond donors (Lipinski definition) is 0. The third-order valence-corrected chi connectivity index (χ3v) is 4.50. The molecule has 0 N–H and O–H groups in total. The fraction of sp³-hybridized carbons (Fsp3) is 0.562. The van der Waals surface area contributed by atoms with Crippen LogP contribution in [0.25, 0.3) is 0 Å². The number of nitrogens with zero attached hydrogens (tertiary/aromatic N) is 2. The van der Waals surface area contributed by atoms with Crippen LogP contribution in [0.1, 0.15) is 22.3 Å². The molecule has 1 heterocycles. The summed E-state index contributed by atoms with van der Waals surface area (Å²) in [7, 11) is 1.72. The maximum absolute atomic E-state index is 12.7. The molecule has 1 fully saturated rings. The molecule has 4 nitrogen and oxygen atoms in total. The minimum Gasteiger partial charge on any atom is -0.383 e. The number of carbonyl (C=O) groups is 1. The summed E-state index contributed by atoms with van der Waals surface area (Å²) < 4.78 is 6.01. The molecule has 1 amide bonds. The number of halogens is 1. The lowest BCUT2D eigenvalue weighted by Crippen LogP contribution is -2.36. The van der Waals surface area contributed by atoms with Crippen LogP contribution >= 0.6 is 15.9 Å². The van der Waals surface area contributed by atoms with Crippen LogP contribution in [0, 0.1) is 6.92 Å². The predicted octanol–water partition coefficient (Wildman–Crippen LogP) is 2.55. The van der Waals surface area contributed by atoms with E-state index in [2.05, 4.69) is 20.8 Å². The van der Waals surface area contributed by atoms with Gasteiger partial charge in [-0.15, -0.1) is 0 Å². The van der Waals surface area contributed by atoms with Gasteiger partial charge in [-0.1, -0.05) is 6.07 Å². The fourth-order valence-electron chi connectivity index (χ4n) is 2.58. The van der Waals surface area contributed by atoms with E-state index < -0.39 is 0 Å². The highest BCUT2D eigenvalue weighted by Gasteiger charge is 2.21. The van der Waals surface area contributed by atoms with Gasteiger partial charge in [-0.2, -0.15) is 0 Å². The molecule has 1 aromatic rings. The lowest BCUT2D eigenvalue weighted by atomic mass is 10.1. The number of hydrogen-bond acceptors (Lipinski definition) is 3. The first-order valence-electron chi connectivity index (χ1n) is 7.38. The van der Waals surface area contributed by atoms with Crippen LogP contribution in [0.15, 0.2) is 22.7 Å². The molecule has 0 unspecified atom stereocenters. The highest BCUT2D eigenvalue weighted by atomic mass is 79.9. The van der Waals surface area contributed by atoms with Gasteiger partial charge in [0.2, 0.25) is 0 Å². The molecule has 0 bridgehead atoms. The van der Waals surface area contributed by atoms with Crippen molar-refractivity contribution >= 4 is 21.8 Å². The molecule has 0 aliphatic carbocycles. The van der Waals surface area contributed by atoms with Crippen LogP contribution in [0.2, 0.25) is 0 Å². The number of benzene rings is 1. The van der Waals surface area contributed by atoms with Crippen LogP contribution < -0.4 is 0 Å².